The summed E-state index contributed by atoms with van der Waals surface area (Å²) in [7, 11) is -2.74. The molecule has 0 amide bonds. The molecular weight excluding hydrogens is 136 g/mol. The Labute approximate surface area is 55.2 Å². The van der Waals surface area contributed by atoms with Gasteiger partial charge in [-0.3, -0.25) is 0 Å². The van der Waals surface area contributed by atoms with E-state index in [-0.39, 0.29) is 16.9 Å². The highest BCUT2D eigenvalue weighted by Gasteiger charge is 2.43. The Morgan fingerprint density at radius 3 is 2.11 bits per heavy atom. The number of hydrogen-bond acceptors (Lipinski definition) is 2. The van der Waals surface area contributed by atoms with Gasteiger partial charge >= 0.3 is 0 Å². The van der Waals surface area contributed by atoms with Crippen molar-refractivity contribution in [1.82, 2.24) is 0 Å². The van der Waals surface area contributed by atoms with E-state index in [4.69, 9.17) is 6.42 Å². The van der Waals surface area contributed by atoms with Gasteiger partial charge in [0.15, 0.2) is 9.84 Å². The van der Waals surface area contributed by atoms with Crippen molar-refractivity contribution in [3.8, 4) is 12.3 Å². The fraction of sp³-hybridized carbons (Fsp3) is 0.667. The molecule has 0 aromatic heterocycles. The predicted molar refractivity (Wildman–Crippen MR) is 35.6 cm³/mol. The van der Waals surface area contributed by atoms with E-state index < -0.39 is 9.84 Å². The Balaban J connectivity index is 2.76. The zero-order valence-corrected chi connectivity index (χ0v) is 6.03. The van der Waals surface area contributed by atoms with Gasteiger partial charge in [-0.25, -0.2) is 8.42 Å². The van der Waals surface area contributed by atoms with Gasteiger partial charge in [0.05, 0.1) is 16.9 Å². The van der Waals surface area contributed by atoms with Crippen molar-refractivity contribution >= 4 is 9.84 Å². The molecule has 0 unspecified atom stereocenters. The van der Waals surface area contributed by atoms with Crippen LogP contribution in [-0.4, -0.2) is 19.9 Å². The van der Waals surface area contributed by atoms with E-state index in [1.165, 1.54) is 0 Å². The van der Waals surface area contributed by atoms with Crippen LogP contribution in [0.3, 0.4) is 0 Å². The zero-order valence-electron chi connectivity index (χ0n) is 5.22. The van der Waals surface area contributed by atoms with Crippen LogP contribution in [0.4, 0.5) is 0 Å². The molecule has 0 atom stereocenters. The van der Waals surface area contributed by atoms with Crippen LogP contribution in [-0.2, 0) is 9.84 Å². The fourth-order valence-electron chi connectivity index (χ4n) is 1.01. The van der Waals surface area contributed by atoms with Crippen molar-refractivity contribution in [2.75, 3.05) is 11.5 Å². The molecule has 0 radical (unpaired) electrons. The molecule has 1 saturated heterocycles. The van der Waals surface area contributed by atoms with Gasteiger partial charge in [-0.05, 0) is 6.92 Å². The van der Waals surface area contributed by atoms with Crippen LogP contribution in [0.1, 0.15) is 6.92 Å². The van der Waals surface area contributed by atoms with Crippen LogP contribution < -0.4 is 0 Å². The molecule has 0 N–H and O–H groups in total. The van der Waals surface area contributed by atoms with E-state index >= 15 is 0 Å². The third-order valence-corrected chi connectivity index (χ3v) is 3.58. The zero-order chi connectivity index (χ0) is 7.12. The molecular formula is C6H8O2S. The minimum Gasteiger partial charge on any atom is -0.229 e. The Morgan fingerprint density at radius 2 is 2.00 bits per heavy atom. The summed E-state index contributed by atoms with van der Waals surface area (Å²) in [5.74, 6) is 2.78. The SMILES string of the molecule is C#CC1(C)CS(=O)(=O)C1. The first-order chi connectivity index (χ1) is 3.97. The lowest BCUT2D eigenvalue weighted by molar-refractivity contribution is 0.477. The molecule has 1 aliphatic rings. The molecule has 1 aliphatic heterocycles. The number of sulfone groups is 1. The summed E-state index contributed by atoms with van der Waals surface area (Å²) in [6.07, 6.45) is 5.07. The van der Waals surface area contributed by atoms with Crippen LogP contribution >= 0.6 is 0 Å². The summed E-state index contributed by atoms with van der Waals surface area (Å²) < 4.78 is 21.1. The summed E-state index contributed by atoms with van der Waals surface area (Å²) in [5.41, 5.74) is -0.362. The maximum absolute atomic E-state index is 10.6. The Morgan fingerprint density at radius 1 is 1.56 bits per heavy atom. The molecule has 0 spiro atoms. The van der Waals surface area contributed by atoms with Crippen LogP contribution in [0.15, 0.2) is 0 Å². The molecule has 1 fully saturated rings. The summed E-state index contributed by atoms with van der Waals surface area (Å²) in [4.78, 5) is 0. The normalized spacial score (nSPS) is 28.0. The molecule has 1 heterocycles. The molecule has 0 aromatic carbocycles. The molecule has 3 heteroatoms. The standard InChI is InChI=1S/C6H8O2S/c1-3-6(2)4-9(7,8)5-6/h1H,4-5H2,2H3. The summed E-state index contributed by atoms with van der Waals surface area (Å²) in [5, 5.41) is 0. The summed E-state index contributed by atoms with van der Waals surface area (Å²) >= 11 is 0. The third-order valence-electron chi connectivity index (χ3n) is 1.43. The van der Waals surface area contributed by atoms with Crippen molar-refractivity contribution in [1.29, 1.82) is 0 Å². The first-order valence-electron chi connectivity index (χ1n) is 2.66. The van der Waals surface area contributed by atoms with Crippen LogP contribution in [0.5, 0.6) is 0 Å². The third kappa shape index (κ3) is 1.08. The lowest BCUT2D eigenvalue weighted by atomic mass is 9.97. The van der Waals surface area contributed by atoms with Crippen molar-refractivity contribution in [3.63, 3.8) is 0 Å². The molecule has 9 heavy (non-hydrogen) atoms. The smallest absolute Gasteiger partial charge is 0.153 e. The molecule has 0 bridgehead atoms. The first-order valence-corrected chi connectivity index (χ1v) is 4.48. The average molecular weight is 144 g/mol. The maximum atomic E-state index is 10.6. The van der Waals surface area contributed by atoms with E-state index in [0.717, 1.165) is 0 Å². The fourth-order valence-corrected chi connectivity index (χ4v) is 3.04. The lowest BCUT2D eigenvalue weighted by Gasteiger charge is -2.32. The molecule has 50 valence electrons. The predicted octanol–water partition coefficient (Wildman–Crippen LogP) is 0.0543. The molecule has 2 nitrogen and oxygen atoms in total. The van der Waals surface area contributed by atoms with Crippen molar-refractivity contribution < 1.29 is 8.42 Å². The number of hydrogen-bond donors (Lipinski definition) is 0. The van der Waals surface area contributed by atoms with Crippen molar-refractivity contribution in [2.45, 2.75) is 6.92 Å². The van der Waals surface area contributed by atoms with Gasteiger partial charge in [-0.2, -0.15) is 0 Å². The van der Waals surface area contributed by atoms with Gasteiger partial charge in [-0.15, -0.1) is 6.42 Å². The second-order valence-corrected chi connectivity index (χ2v) is 4.80. The second-order valence-electron chi connectivity index (χ2n) is 2.74. The molecule has 0 aliphatic carbocycles. The topological polar surface area (TPSA) is 34.1 Å². The summed E-state index contributed by atoms with van der Waals surface area (Å²) in [6, 6.07) is 0. The van der Waals surface area contributed by atoms with Crippen molar-refractivity contribution in [3.05, 3.63) is 0 Å². The molecule has 0 saturated carbocycles. The molecule has 0 aromatic rings. The largest absolute Gasteiger partial charge is 0.229 e. The lowest BCUT2D eigenvalue weighted by Crippen LogP contribution is -2.44. The minimum absolute atomic E-state index is 0.163. The van der Waals surface area contributed by atoms with Gasteiger partial charge in [-0.1, -0.05) is 5.92 Å². The van der Waals surface area contributed by atoms with Crippen LogP contribution in [0, 0.1) is 17.8 Å². The minimum atomic E-state index is -2.74. The van der Waals surface area contributed by atoms with Gasteiger partial charge in [0.1, 0.15) is 0 Å². The molecule has 1 rings (SSSR count). The highest BCUT2D eigenvalue weighted by molar-refractivity contribution is 7.92. The Hall–Kier alpha value is -0.490. The Bertz CT molecular complexity index is 243. The van der Waals surface area contributed by atoms with E-state index in [0.29, 0.717) is 0 Å². The number of rotatable bonds is 0. The van der Waals surface area contributed by atoms with E-state index in [9.17, 15) is 8.42 Å². The van der Waals surface area contributed by atoms with Crippen LogP contribution in [0.25, 0.3) is 0 Å². The van der Waals surface area contributed by atoms with Gasteiger partial charge in [0.25, 0.3) is 0 Å². The van der Waals surface area contributed by atoms with Crippen LogP contribution in [0.2, 0.25) is 0 Å². The maximum Gasteiger partial charge on any atom is 0.153 e. The average Bonchev–Trinajstić information content (AvgIpc) is 1.61. The van der Waals surface area contributed by atoms with E-state index in [1.807, 2.05) is 0 Å². The number of terminal acetylenes is 1. The van der Waals surface area contributed by atoms with E-state index in [2.05, 4.69) is 5.92 Å². The second kappa shape index (κ2) is 1.51. The van der Waals surface area contributed by atoms with E-state index in [1.54, 1.807) is 6.92 Å². The Kier molecular flexibility index (Phi) is 1.11. The van der Waals surface area contributed by atoms with Crippen molar-refractivity contribution in [2.24, 2.45) is 5.41 Å². The van der Waals surface area contributed by atoms with Gasteiger partial charge < -0.3 is 0 Å². The van der Waals surface area contributed by atoms with Gasteiger partial charge in [0.2, 0.25) is 0 Å². The first kappa shape index (κ1) is 6.63. The van der Waals surface area contributed by atoms with Gasteiger partial charge in [0, 0.05) is 0 Å². The monoisotopic (exact) mass is 144 g/mol. The highest BCUT2D eigenvalue weighted by Crippen LogP contribution is 2.30. The highest BCUT2D eigenvalue weighted by atomic mass is 32.2. The summed E-state index contributed by atoms with van der Waals surface area (Å²) in [6.45, 7) is 1.79. The quantitative estimate of drug-likeness (QED) is 0.450.